The summed E-state index contributed by atoms with van der Waals surface area (Å²) in [5, 5.41) is 15.9. The second kappa shape index (κ2) is 8.65. The van der Waals surface area contributed by atoms with Crippen molar-refractivity contribution in [1.29, 1.82) is 5.26 Å². The number of amides is 2. The molecule has 2 N–H and O–H groups in total. The Morgan fingerprint density at radius 1 is 1.23 bits per heavy atom. The molecule has 0 radical (unpaired) electrons. The summed E-state index contributed by atoms with van der Waals surface area (Å²) in [5.41, 5.74) is 1.49. The zero-order valence-electron chi connectivity index (χ0n) is 16.1. The normalized spacial score (nSPS) is 13.8. The van der Waals surface area contributed by atoms with Crippen molar-refractivity contribution in [2.24, 2.45) is 0 Å². The van der Waals surface area contributed by atoms with Crippen molar-refractivity contribution in [1.82, 2.24) is 10.2 Å². The molecule has 0 aliphatic heterocycles. The van der Waals surface area contributed by atoms with Gasteiger partial charge in [-0.3, -0.25) is 14.5 Å². The van der Waals surface area contributed by atoms with Crippen LogP contribution in [0.25, 0.3) is 0 Å². The van der Waals surface area contributed by atoms with Gasteiger partial charge in [-0.25, -0.2) is 0 Å². The lowest BCUT2D eigenvalue weighted by molar-refractivity contribution is -0.124. The van der Waals surface area contributed by atoms with E-state index in [0.29, 0.717) is 17.1 Å². The van der Waals surface area contributed by atoms with Crippen LogP contribution in [-0.4, -0.2) is 42.4 Å². The average molecular weight is 377 g/mol. The summed E-state index contributed by atoms with van der Waals surface area (Å²) in [4.78, 5) is 27.2. The minimum Gasteiger partial charge on any atom is -0.350 e. The van der Waals surface area contributed by atoms with E-state index in [1.807, 2.05) is 32.7 Å². The van der Waals surface area contributed by atoms with Gasteiger partial charge in [-0.15, -0.1) is 11.3 Å². The van der Waals surface area contributed by atoms with E-state index in [2.05, 4.69) is 16.7 Å². The van der Waals surface area contributed by atoms with Crippen LogP contribution in [0.15, 0.2) is 0 Å². The number of likely N-dealkylation sites (N-methyl/N-ethyl adjacent to an activating group) is 1. The van der Waals surface area contributed by atoms with Gasteiger partial charge in [-0.1, -0.05) is 0 Å². The van der Waals surface area contributed by atoms with E-state index >= 15 is 0 Å². The molecule has 0 bridgehead atoms. The highest BCUT2D eigenvalue weighted by molar-refractivity contribution is 7.16. The standard InChI is InChI=1S/C19H28N4O2S/c1-19(2,3)22-17(25)12-23(4)10-9-16(24)21-18-14(11-20)13-7-5-6-8-15(13)26-18/h5-10,12H2,1-4H3,(H,21,24)(H,22,25). The molecule has 1 aromatic heterocycles. The Labute approximate surface area is 159 Å². The van der Waals surface area contributed by atoms with Crippen molar-refractivity contribution < 1.29 is 9.59 Å². The van der Waals surface area contributed by atoms with E-state index in [9.17, 15) is 14.9 Å². The van der Waals surface area contributed by atoms with E-state index in [0.717, 1.165) is 31.2 Å². The molecule has 2 rings (SSSR count). The minimum absolute atomic E-state index is 0.0573. The molecule has 7 heteroatoms. The quantitative estimate of drug-likeness (QED) is 0.799. The number of hydrogen-bond donors (Lipinski definition) is 2. The van der Waals surface area contributed by atoms with Crippen LogP contribution >= 0.6 is 11.3 Å². The molecule has 2 amide bonds. The highest BCUT2D eigenvalue weighted by Gasteiger charge is 2.22. The molecule has 1 aromatic rings. The lowest BCUT2D eigenvalue weighted by Gasteiger charge is -2.23. The monoisotopic (exact) mass is 376 g/mol. The molecule has 0 spiro atoms. The van der Waals surface area contributed by atoms with E-state index < -0.39 is 0 Å². The first-order valence-corrected chi connectivity index (χ1v) is 9.85. The number of nitriles is 1. The van der Waals surface area contributed by atoms with E-state index in [4.69, 9.17) is 0 Å². The number of rotatable bonds is 6. The van der Waals surface area contributed by atoms with Crippen LogP contribution in [0.1, 0.15) is 56.0 Å². The van der Waals surface area contributed by atoms with Crippen molar-refractivity contribution in [3.8, 4) is 6.07 Å². The van der Waals surface area contributed by atoms with Crippen molar-refractivity contribution in [2.45, 2.75) is 58.4 Å². The van der Waals surface area contributed by atoms with Crippen LogP contribution in [0.2, 0.25) is 0 Å². The van der Waals surface area contributed by atoms with Crippen molar-refractivity contribution in [3.63, 3.8) is 0 Å². The Morgan fingerprint density at radius 2 is 1.92 bits per heavy atom. The smallest absolute Gasteiger partial charge is 0.234 e. The summed E-state index contributed by atoms with van der Waals surface area (Å²) in [6.45, 7) is 6.54. The van der Waals surface area contributed by atoms with Crippen LogP contribution in [0.4, 0.5) is 5.00 Å². The lowest BCUT2D eigenvalue weighted by atomic mass is 9.96. The Balaban J connectivity index is 1.85. The molecule has 0 saturated heterocycles. The molecule has 142 valence electrons. The Morgan fingerprint density at radius 3 is 2.58 bits per heavy atom. The van der Waals surface area contributed by atoms with Gasteiger partial charge in [0, 0.05) is 23.4 Å². The number of carbonyl (C=O) groups is 2. The zero-order valence-corrected chi connectivity index (χ0v) is 16.9. The highest BCUT2D eigenvalue weighted by atomic mass is 32.1. The van der Waals surface area contributed by atoms with E-state index in [-0.39, 0.29) is 30.3 Å². The number of nitrogens with one attached hydrogen (secondary N) is 2. The molecule has 0 aromatic carbocycles. The van der Waals surface area contributed by atoms with Crippen molar-refractivity contribution in [2.75, 3.05) is 25.5 Å². The number of nitrogens with zero attached hydrogens (tertiary/aromatic N) is 2. The fraction of sp³-hybridized carbons (Fsp3) is 0.632. The van der Waals surface area contributed by atoms with Gasteiger partial charge >= 0.3 is 0 Å². The molecule has 0 saturated carbocycles. The summed E-state index contributed by atoms with van der Waals surface area (Å²) in [5.74, 6) is -0.179. The number of aryl methyl sites for hydroxylation is 1. The van der Waals surface area contributed by atoms with E-state index in [1.165, 1.54) is 16.2 Å². The molecule has 0 fully saturated rings. The van der Waals surface area contributed by atoms with Gasteiger partial charge in [0.25, 0.3) is 0 Å². The van der Waals surface area contributed by atoms with Gasteiger partial charge in [0.15, 0.2) is 0 Å². The maximum Gasteiger partial charge on any atom is 0.234 e. The van der Waals surface area contributed by atoms with Gasteiger partial charge in [0.2, 0.25) is 11.8 Å². The Kier molecular flexibility index (Phi) is 6.79. The third-order valence-corrected chi connectivity index (χ3v) is 5.39. The van der Waals surface area contributed by atoms with Crippen LogP contribution in [0.3, 0.4) is 0 Å². The molecule has 1 aliphatic carbocycles. The Bertz CT molecular complexity index is 712. The second-order valence-electron chi connectivity index (χ2n) is 7.86. The first kappa shape index (κ1) is 20.4. The molecule has 1 aliphatic rings. The largest absolute Gasteiger partial charge is 0.350 e. The predicted octanol–water partition coefficient (Wildman–Crippen LogP) is 2.67. The van der Waals surface area contributed by atoms with Gasteiger partial charge < -0.3 is 10.6 Å². The molecule has 1 heterocycles. The fourth-order valence-electron chi connectivity index (χ4n) is 3.04. The van der Waals surface area contributed by atoms with Crippen LogP contribution in [0, 0.1) is 11.3 Å². The molecule has 0 atom stereocenters. The molecular weight excluding hydrogens is 348 g/mol. The summed E-state index contributed by atoms with van der Waals surface area (Å²) in [6, 6.07) is 2.25. The van der Waals surface area contributed by atoms with Crippen molar-refractivity contribution in [3.05, 3.63) is 16.0 Å². The highest BCUT2D eigenvalue weighted by Crippen LogP contribution is 2.37. The second-order valence-corrected chi connectivity index (χ2v) is 8.97. The summed E-state index contributed by atoms with van der Waals surface area (Å²) < 4.78 is 0. The minimum atomic E-state index is -0.263. The maximum absolute atomic E-state index is 12.3. The Hall–Kier alpha value is -1.91. The molecule has 26 heavy (non-hydrogen) atoms. The maximum atomic E-state index is 12.3. The van der Waals surface area contributed by atoms with Gasteiger partial charge in [0.1, 0.15) is 11.1 Å². The van der Waals surface area contributed by atoms with Gasteiger partial charge in [0.05, 0.1) is 12.1 Å². The molecular formula is C19H28N4O2S. The zero-order chi connectivity index (χ0) is 19.3. The molecule has 0 unspecified atom stereocenters. The third kappa shape index (κ3) is 5.82. The van der Waals surface area contributed by atoms with Gasteiger partial charge in [-0.2, -0.15) is 5.26 Å². The number of hydrogen-bond acceptors (Lipinski definition) is 5. The number of carbonyl (C=O) groups excluding carboxylic acids is 2. The summed E-state index contributed by atoms with van der Waals surface area (Å²) in [7, 11) is 1.82. The topological polar surface area (TPSA) is 85.2 Å². The predicted molar refractivity (Wildman–Crippen MR) is 104 cm³/mol. The SMILES string of the molecule is CN(CCC(=O)Nc1sc2c(c1C#N)CCCC2)CC(=O)NC(C)(C)C. The van der Waals surface area contributed by atoms with Crippen LogP contribution < -0.4 is 10.6 Å². The van der Waals surface area contributed by atoms with E-state index in [1.54, 1.807) is 0 Å². The molecule has 6 nitrogen and oxygen atoms in total. The van der Waals surface area contributed by atoms with Crippen LogP contribution in [-0.2, 0) is 22.4 Å². The lowest BCUT2D eigenvalue weighted by Crippen LogP contribution is -2.45. The van der Waals surface area contributed by atoms with Crippen LogP contribution in [0.5, 0.6) is 0 Å². The summed E-state index contributed by atoms with van der Waals surface area (Å²) in [6.07, 6.45) is 4.46. The number of fused-ring (bicyclic) bond motifs is 1. The number of anilines is 1. The number of thiophene rings is 1. The third-order valence-electron chi connectivity index (χ3n) is 4.18. The van der Waals surface area contributed by atoms with Crippen molar-refractivity contribution >= 4 is 28.2 Å². The summed E-state index contributed by atoms with van der Waals surface area (Å²) >= 11 is 1.53. The van der Waals surface area contributed by atoms with Gasteiger partial charge in [-0.05, 0) is 59.1 Å². The fourth-order valence-corrected chi connectivity index (χ4v) is 4.29. The first-order chi connectivity index (χ1) is 12.2. The first-order valence-electron chi connectivity index (χ1n) is 9.03. The average Bonchev–Trinajstić information content (AvgIpc) is 2.87.